The molecular formula is C20H17N. The molecule has 1 heterocycles. The minimum Gasteiger partial charge on any atom is -0.381 e. The summed E-state index contributed by atoms with van der Waals surface area (Å²) in [7, 11) is 0. The Morgan fingerprint density at radius 3 is 2.19 bits per heavy atom. The molecule has 3 aromatic carbocycles. The molecule has 1 atom stereocenters. The molecule has 0 fully saturated rings. The van der Waals surface area contributed by atoms with Gasteiger partial charge in [0.25, 0.3) is 0 Å². The molecule has 0 bridgehead atoms. The van der Waals surface area contributed by atoms with Gasteiger partial charge >= 0.3 is 0 Å². The van der Waals surface area contributed by atoms with E-state index < -0.39 is 0 Å². The third-order valence-corrected chi connectivity index (χ3v) is 4.24. The molecule has 1 heteroatoms. The van der Waals surface area contributed by atoms with Gasteiger partial charge in [0, 0.05) is 18.2 Å². The molecule has 21 heavy (non-hydrogen) atoms. The van der Waals surface area contributed by atoms with E-state index in [9.17, 15) is 0 Å². The Labute approximate surface area is 125 Å². The van der Waals surface area contributed by atoms with Crippen molar-refractivity contribution in [2.24, 2.45) is 0 Å². The molecule has 102 valence electrons. The van der Waals surface area contributed by atoms with Gasteiger partial charge in [0.05, 0.1) is 0 Å². The van der Waals surface area contributed by atoms with Gasteiger partial charge in [-0.05, 0) is 28.3 Å². The number of fused-ring (bicyclic) bond motifs is 2. The van der Waals surface area contributed by atoms with E-state index in [1.54, 1.807) is 0 Å². The summed E-state index contributed by atoms with van der Waals surface area (Å²) in [5, 5.41) is 3.58. The highest BCUT2D eigenvalue weighted by molar-refractivity contribution is 5.62. The Hall–Kier alpha value is -2.54. The second kappa shape index (κ2) is 5.10. The largest absolute Gasteiger partial charge is 0.381 e. The van der Waals surface area contributed by atoms with Crippen LogP contribution in [-0.4, -0.2) is 0 Å². The lowest BCUT2D eigenvalue weighted by Gasteiger charge is -2.20. The van der Waals surface area contributed by atoms with Crippen molar-refractivity contribution >= 4 is 5.69 Å². The Kier molecular flexibility index (Phi) is 2.97. The summed E-state index contributed by atoms with van der Waals surface area (Å²) in [6, 6.07) is 28.2. The van der Waals surface area contributed by atoms with E-state index in [4.69, 9.17) is 0 Å². The van der Waals surface area contributed by atoms with E-state index in [-0.39, 0.29) is 0 Å². The molecule has 1 aliphatic rings. The summed E-state index contributed by atoms with van der Waals surface area (Å²) in [4.78, 5) is 0. The molecule has 0 amide bonds. The third-order valence-electron chi connectivity index (χ3n) is 4.24. The van der Waals surface area contributed by atoms with Gasteiger partial charge in [-0.15, -0.1) is 0 Å². The molecule has 4 rings (SSSR count). The smallest absolute Gasteiger partial charge is 0.0403 e. The van der Waals surface area contributed by atoms with Crippen LogP contribution < -0.4 is 5.32 Å². The lowest BCUT2D eigenvalue weighted by molar-refractivity contribution is 0.972. The van der Waals surface area contributed by atoms with Crippen LogP contribution in [0.2, 0.25) is 0 Å². The second-order valence-corrected chi connectivity index (χ2v) is 5.48. The summed E-state index contributed by atoms with van der Waals surface area (Å²) in [5.41, 5.74) is 6.72. The van der Waals surface area contributed by atoms with Gasteiger partial charge < -0.3 is 5.32 Å². The van der Waals surface area contributed by atoms with Gasteiger partial charge in [-0.2, -0.15) is 0 Å². The van der Waals surface area contributed by atoms with Gasteiger partial charge in [0.15, 0.2) is 0 Å². The van der Waals surface area contributed by atoms with Crippen molar-refractivity contribution in [2.75, 3.05) is 5.32 Å². The minimum absolute atomic E-state index is 0.300. The fraction of sp³-hybridized carbons (Fsp3) is 0.100. The van der Waals surface area contributed by atoms with Crippen LogP contribution in [-0.2, 0) is 6.54 Å². The number of hydrogen-bond donors (Lipinski definition) is 1. The first-order chi connectivity index (χ1) is 10.4. The minimum atomic E-state index is 0.300. The molecule has 0 radical (unpaired) electrons. The standard InChI is InChI=1S/C20H17N/c1-2-8-15(9-3-1)20-17-11-5-4-10-16(17)14-21-19-13-7-6-12-18(19)20/h1-13,20-21H,14H2. The van der Waals surface area contributed by atoms with E-state index in [1.165, 1.54) is 27.9 Å². The maximum atomic E-state index is 3.58. The zero-order valence-corrected chi connectivity index (χ0v) is 11.8. The lowest BCUT2D eigenvalue weighted by atomic mass is 9.83. The number of nitrogens with one attached hydrogen (secondary N) is 1. The number of para-hydroxylation sites is 1. The van der Waals surface area contributed by atoms with E-state index in [1.807, 2.05) is 0 Å². The first-order valence-electron chi connectivity index (χ1n) is 7.39. The van der Waals surface area contributed by atoms with Crippen molar-refractivity contribution in [3.8, 4) is 0 Å². The molecule has 1 nitrogen and oxygen atoms in total. The Morgan fingerprint density at radius 1 is 0.667 bits per heavy atom. The summed E-state index contributed by atoms with van der Waals surface area (Å²) in [6.07, 6.45) is 0. The molecule has 1 N–H and O–H groups in total. The number of anilines is 1. The first-order valence-corrected chi connectivity index (χ1v) is 7.39. The third kappa shape index (κ3) is 2.11. The zero-order chi connectivity index (χ0) is 14.1. The van der Waals surface area contributed by atoms with Crippen LogP contribution in [0.15, 0.2) is 78.9 Å². The second-order valence-electron chi connectivity index (χ2n) is 5.48. The van der Waals surface area contributed by atoms with Gasteiger partial charge in [-0.1, -0.05) is 72.8 Å². The van der Waals surface area contributed by atoms with Crippen LogP contribution in [0.4, 0.5) is 5.69 Å². The topological polar surface area (TPSA) is 12.0 Å². The highest BCUT2D eigenvalue weighted by atomic mass is 14.9. The normalized spacial score (nSPS) is 16.3. The predicted molar refractivity (Wildman–Crippen MR) is 87.6 cm³/mol. The lowest BCUT2D eigenvalue weighted by Crippen LogP contribution is -2.04. The van der Waals surface area contributed by atoms with Gasteiger partial charge in [-0.25, -0.2) is 0 Å². The molecular weight excluding hydrogens is 254 g/mol. The van der Waals surface area contributed by atoms with Gasteiger partial charge in [0.1, 0.15) is 0 Å². The van der Waals surface area contributed by atoms with Crippen LogP contribution in [0, 0.1) is 0 Å². The highest BCUT2D eigenvalue weighted by Crippen LogP contribution is 2.39. The molecule has 3 aromatic rings. The van der Waals surface area contributed by atoms with Crippen molar-refractivity contribution in [3.05, 3.63) is 101 Å². The first kappa shape index (κ1) is 12.2. The fourth-order valence-electron chi connectivity index (χ4n) is 3.25. The van der Waals surface area contributed by atoms with E-state index in [2.05, 4.69) is 84.2 Å². The van der Waals surface area contributed by atoms with Crippen LogP contribution in [0.25, 0.3) is 0 Å². The summed E-state index contributed by atoms with van der Waals surface area (Å²) in [5.74, 6) is 0.300. The van der Waals surface area contributed by atoms with Crippen molar-refractivity contribution in [1.82, 2.24) is 0 Å². The maximum Gasteiger partial charge on any atom is 0.0403 e. The van der Waals surface area contributed by atoms with Gasteiger partial charge in [0.2, 0.25) is 0 Å². The van der Waals surface area contributed by atoms with Crippen LogP contribution in [0.5, 0.6) is 0 Å². The van der Waals surface area contributed by atoms with Crippen molar-refractivity contribution < 1.29 is 0 Å². The molecule has 0 aromatic heterocycles. The van der Waals surface area contributed by atoms with E-state index in [0.29, 0.717) is 5.92 Å². The average molecular weight is 271 g/mol. The van der Waals surface area contributed by atoms with Crippen LogP contribution >= 0.6 is 0 Å². The molecule has 0 saturated heterocycles. The van der Waals surface area contributed by atoms with Crippen LogP contribution in [0.1, 0.15) is 28.2 Å². The maximum absolute atomic E-state index is 3.58. The van der Waals surface area contributed by atoms with E-state index in [0.717, 1.165) is 6.54 Å². The molecule has 0 saturated carbocycles. The Morgan fingerprint density at radius 2 is 1.33 bits per heavy atom. The zero-order valence-electron chi connectivity index (χ0n) is 11.8. The van der Waals surface area contributed by atoms with E-state index >= 15 is 0 Å². The van der Waals surface area contributed by atoms with Gasteiger partial charge in [-0.3, -0.25) is 0 Å². The SMILES string of the molecule is c1ccc(C2c3ccccc3CNc3ccccc32)cc1. The quantitative estimate of drug-likeness (QED) is 0.671. The number of benzene rings is 3. The monoisotopic (exact) mass is 271 g/mol. The molecule has 1 unspecified atom stereocenters. The number of rotatable bonds is 1. The molecule has 1 aliphatic heterocycles. The Bertz CT molecular complexity index is 714. The fourth-order valence-corrected chi connectivity index (χ4v) is 3.25. The van der Waals surface area contributed by atoms with Crippen molar-refractivity contribution in [2.45, 2.75) is 12.5 Å². The highest BCUT2D eigenvalue weighted by Gasteiger charge is 2.24. The van der Waals surface area contributed by atoms with Crippen LogP contribution in [0.3, 0.4) is 0 Å². The predicted octanol–water partition coefficient (Wildman–Crippen LogP) is 4.79. The summed E-state index contributed by atoms with van der Waals surface area (Å²) >= 11 is 0. The number of hydrogen-bond acceptors (Lipinski definition) is 1. The van der Waals surface area contributed by atoms with Crippen molar-refractivity contribution in [3.63, 3.8) is 0 Å². The summed E-state index contributed by atoms with van der Waals surface area (Å²) < 4.78 is 0. The average Bonchev–Trinajstić information content (AvgIpc) is 2.72. The van der Waals surface area contributed by atoms with Crippen molar-refractivity contribution in [1.29, 1.82) is 0 Å². The molecule has 0 aliphatic carbocycles. The summed E-state index contributed by atoms with van der Waals surface area (Å²) in [6.45, 7) is 0.885. The molecule has 0 spiro atoms. The Balaban J connectivity index is 1.99.